The zero-order chi connectivity index (χ0) is 14.7. The minimum atomic E-state index is -0.500. The maximum Gasteiger partial charge on any atom is 0.0821 e. The molecule has 23 heavy (non-hydrogen) atoms. The molecule has 2 aromatic carbocycles. The quantitative estimate of drug-likeness (QED) is 0.869. The first kappa shape index (κ1) is 20.0. The second-order valence-electron chi connectivity index (χ2n) is 5.86. The number of hydrogen-bond acceptors (Lipinski definition) is 3. The van der Waals surface area contributed by atoms with E-state index >= 15 is 0 Å². The predicted molar refractivity (Wildman–Crippen MR) is 102 cm³/mol. The molecule has 5 heteroatoms. The Morgan fingerprint density at radius 1 is 0.957 bits per heavy atom. The Labute approximate surface area is 151 Å². The molecule has 3 rings (SSSR count). The van der Waals surface area contributed by atoms with Crippen molar-refractivity contribution in [1.29, 1.82) is 0 Å². The number of hydrogen-bond donors (Lipinski definition) is 2. The second-order valence-corrected chi connectivity index (χ2v) is 5.86. The Bertz CT molecular complexity index is 572. The fraction of sp³-hybridized carbons (Fsp3) is 0.333. The van der Waals surface area contributed by atoms with Crippen LogP contribution in [0.4, 0.5) is 0 Å². The van der Waals surface area contributed by atoms with Gasteiger partial charge in [0.2, 0.25) is 0 Å². The number of fused-ring (bicyclic) bond motifs is 1. The van der Waals surface area contributed by atoms with E-state index in [0.29, 0.717) is 13.0 Å². The highest BCUT2D eigenvalue weighted by Crippen LogP contribution is 2.22. The summed E-state index contributed by atoms with van der Waals surface area (Å²) in [6, 6.07) is 18.3. The Hall–Kier alpha value is -1.04. The van der Waals surface area contributed by atoms with Crippen LogP contribution < -0.4 is 5.73 Å². The lowest BCUT2D eigenvalue weighted by Crippen LogP contribution is -2.43. The van der Waals surface area contributed by atoms with E-state index in [0.717, 1.165) is 13.1 Å². The highest BCUT2D eigenvalue weighted by molar-refractivity contribution is 7.59. The average Bonchev–Trinajstić information content (AvgIpc) is 2.90. The van der Waals surface area contributed by atoms with Crippen LogP contribution in [0.1, 0.15) is 16.7 Å². The molecule has 3 nitrogen and oxygen atoms in total. The average molecular weight is 353 g/mol. The minimum absolute atomic E-state index is 0. The van der Waals surface area contributed by atoms with Crippen LogP contribution in [0.5, 0.6) is 0 Å². The molecule has 1 aliphatic rings. The van der Waals surface area contributed by atoms with Crippen molar-refractivity contribution in [1.82, 2.24) is 4.90 Å². The van der Waals surface area contributed by atoms with Gasteiger partial charge in [0.1, 0.15) is 0 Å². The van der Waals surface area contributed by atoms with Gasteiger partial charge in [0.15, 0.2) is 0 Å². The van der Waals surface area contributed by atoms with E-state index in [1.807, 2.05) is 18.2 Å². The van der Waals surface area contributed by atoms with Crippen LogP contribution in [0.25, 0.3) is 0 Å². The fourth-order valence-electron chi connectivity index (χ4n) is 2.96. The predicted octanol–water partition coefficient (Wildman–Crippen LogP) is 2.47. The first-order chi connectivity index (χ1) is 10.2. The van der Waals surface area contributed by atoms with Crippen LogP contribution in [0.3, 0.4) is 0 Å². The van der Waals surface area contributed by atoms with Crippen molar-refractivity contribution in [3.8, 4) is 0 Å². The van der Waals surface area contributed by atoms with E-state index in [4.69, 9.17) is 5.73 Å². The van der Waals surface area contributed by atoms with Crippen LogP contribution in [-0.2, 0) is 19.5 Å². The van der Waals surface area contributed by atoms with Crippen LogP contribution >= 0.6 is 25.9 Å². The Kier molecular flexibility index (Phi) is 8.09. The van der Waals surface area contributed by atoms with E-state index in [-0.39, 0.29) is 31.9 Å². The maximum atomic E-state index is 10.4. The van der Waals surface area contributed by atoms with Crippen LogP contribution in [-0.4, -0.2) is 28.7 Å². The lowest BCUT2D eigenvalue weighted by Gasteiger charge is -2.24. The molecule has 2 aromatic rings. The number of nitrogens with two attached hydrogens (primary N) is 1. The molecule has 126 valence electrons. The number of rotatable bonds is 5. The topological polar surface area (TPSA) is 49.5 Å². The fourth-order valence-corrected chi connectivity index (χ4v) is 2.96. The molecule has 0 saturated carbocycles. The number of β-amino-alcohol motifs (C(OH)–C–C–N with tert-alkyl or cyclic N) is 1. The highest BCUT2D eigenvalue weighted by atomic mass is 35.5. The zero-order valence-corrected chi connectivity index (χ0v) is 14.9. The summed E-state index contributed by atoms with van der Waals surface area (Å²) < 4.78 is 0. The van der Waals surface area contributed by atoms with Gasteiger partial charge in [-0.1, -0.05) is 54.6 Å². The van der Waals surface area contributed by atoms with Gasteiger partial charge < -0.3 is 10.8 Å². The first-order valence-electron chi connectivity index (χ1n) is 7.49. The summed E-state index contributed by atoms with van der Waals surface area (Å²) in [6.45, 7) is 2.44. The standard InChI is InChI=1S/C18H22N2O.ClH.H2S/c19-17(10-14-6-2-1-3-7-14)18(21)13-20-11-15-8-4-5-9-16(15)12-20;;/h1-9,17-18,21H,10-13,19H2;1H;1H2/t17-,18+;;/m1../s1. The van der Waals surface area contributed by atoms with E-state index in [1.165, 1.54) is 16.7 Å². The normalized spacial score (nSPS) is 15.9. The summed E-state index contributed by atoms with van der Waals surface area (Å²) in [7, 11) is 0. The molecule has 0 aromatic heterocycles. The molecule has 0 spiro atoms. The van der Waals surface area contributed by atoms with Crippen molar-refractivity contribution >= 4 is 25.9 Å². The molecule has 1 aliphatic heterocycles. The van der Waals surface area contributed by atoms with Crippen molar-refractivity contribution in [2.45, 2.75) is 31.7 Å². The lowest BCUT2D eigenvalue weighted by molar-refractivity contribution is 0.0898. The van der Waals surface area contributed by atoms with E-state index in [2.05, 4.69) is 41.3 Å². The highest BCUT2D eigenvalue weighted by Gasteiger charge is 2.23. The number of aliphatic hydroxyl groups excluding tert-OH is 1. The molecule has 1 heterocycles. The van der Waals surface area contributed by atoms with Gasteiger partial charge in [-0.15, -0.1) is 12.4 Å². The SMILES string of the molecule is Cl.N[C@H](Cc1ccccc1)[C@@H](O)CN1Cc2ccccc2C1.S. The summed E-state index contributed by atoms with van der Waals surface area (Å²) in [5.74, 6) is 0. The number of benzene rings is 2. The van der Waals surface area contributed by atoms with E-state index in [1.54, 1.807) is 0 Å². The first-order valence-corrected chi connectivity index (χ1v) is 7.49. The minimum Gasteiger partial charge on any atom is -0.390 e. The Balaban J connectivity index is 0.00000132. The monoisotopic (exact) mass is 352 g/mol. The molecule has 0 radical (unpaired) electrons. The summed E-state index contributed by atoms with van der Waals surface area (Å²) in [5, 5.41) is 10.4. The van der Waals surface area contributed by atoms with Gasteiger partial charge in [0.05, 0.1) is 6.10 Å². The molecular weight excluding hydrogens is 328 g/mol. The smallest absolute Gasteiger partial charge is 0.0821 e. The zero-order valence-electron chi connectivity index (χ0n) is 13.1. The summed E-state index contributed by atoms with van der Waals surface area (Å²) in [6.07, 6.45) is 0.211. The number of halogens is 1. The molecule has 3 N–H and O–H groups in total. The molecule has 0 saturated heterocycles. The molecule has 0 unspecified atom stereocenters. The third-order valence-electron chi connectivity index (χ3n) is 4.16. The van der Waals surface area contributed by atoms with Crippen molar-refractivity contribution in [3.05, 3.63) is 71.3 Å². The Morgan fingerprint density at radius 3 is 2.04 bits per heavy atom. The van der Waals surface area contributed by atoms with Crippen molar-refractivity contribution in [2.24, 2.45) is 5.73 Å². The summed E-state index contributed by atoms with van der Waals surface area (Å²) in [4.78, 5) is 2.26. The third-order valence-corrected chi connectivity index (χ3v) is 4.16. The maximum absolute atomic E-state index is 10.4. The van der Waals surface area contributed by atoms with Gasteiger partial charge >= 0.3 is 0 Å². The van der Waals surface area contributed by atoms with Gasteiger partial charge in [-0.3, -0.25) is 4.90 Å². The van der Waals surface area contributed by atoms with Crippen molar-refractivity contribution < 1.29 is 5.11 Å². The van der Waals surface area contributed by atoms with Gasteiger partial charge in [-0.05, 0) is 23.1 Å². The van der Waals surface area contributed by atoms with Gasteiger partial charge in [-0.2, -0.15) is 13.5 Å². The van der Waals surface area contributed by atoms with E-state index in [9.17, 15) is 5.11 Å². The van der Waals surface area contributed by atoms with Gasteiger partial charge in [0.25, 0.3) is 0 Å². The van der Waals surface area contributed by atoms with Gasteiger partial charge in [-0.25, -0.2) is 0 Å². The second kappa shape index (κ2) is 9.30. The molecule has 0 fully saturated rings. The number of nitrogens with zero attached hydrogens (tertiary/aromatic N) is 1. The molecule has 0 amide bonds. The van der Waals surface area contributed by atoms with Crippen molar-refractivity contribution in [2.75, 3.05) is 6.54 Å². The van der Waals surface area contributed by atoms with E-state index < -0.39 is 6.10 Å². The molecular formula is C18H25ClN2OS. The summed E-state index contributed by atoms with van der Waals surface area (Å²) in [5.41, 5.74) is 10.1. The third kappa shape index (κ3) is 5.23. The number of aliphatic hydroxyl groups is 1. The molecule has 2 atom stereocenters. The van der Waals surface area contributed by atoms with Gasteiger partial charge in [0, 0.05) is 25.7 Å². The Morgan fingerprint density at radius 2 is 1.48 bits per heavy atom. The molecule has 0 aliphatic carbocycles. The van der Waals surface area contributed by atoms with Crippen LogP contribution in [0.15, 0.2) is 54.6 Å². The lowest BCUT2D eigenvalue weighted by atomic mass is 10.0. The largest absolute Gasteiger partial charge is 0.390 e. The molecule has 0 bridgehead atoms. The van der Waals surface area contributed by atoms with Crippen LogP contribution in [0.2, 0.25) is 0 Å². The summed E-state index contributed by atoms with van der Waals surface area (Å²) >= 11 is 0. The van der Waals surface area contributed by atoms with Crippen LogP contribution in [0, 0.1) is 0 Å². The van der Waals surface area contributed by atoms with Crippen molar-refractivity contribution in [3.63, 3.8) is 0 Å².